The van der Waals surface area contributed by atoms with Gasteiger partial charge in [0.1, 0.15) is 0 Å². The summed E-state index contributed by atoms with van der Waals surface area (Å²) < 4.78 is 0. The average Bonchev–Trinajstić information content (AvgIpc) is 2.19. The summed E-state index contributed by atoms with van der Waals surface area (Å²) in [5, 5.41) is 9.71. The number of aliphatic hydroxyl groups is 1. The Kier molecular flexibility index (Phi) is 4.73. The van der Waals surface area contributed by atoms with Crippen molar-refractivity contribution in [3.8, 4) is 0 Å². The lowest BCUT2D eigenvalue weighted by Crippen LogP contribution is -2.23. The molecule has 0 amide bonds. The van der Waals surface area contributed by atoms with Crippen LogP contribution in [-0.4, -0.2) is 23.8 Å². The normalized spacial score (nSPS) is 20.7. The van der Waals surface area contributed by atoms with Crippen molar-refractivity contribution in [2.24, 2.45) is 10.9 Å². The molecule has 1 saturated carbocycles. The highest BCUT2D eigenvalue weighted by atomic mass is 16.3. The highest BCUT2D eigenvalue weighted by Gasteiger charge is 2.20. The Morgan fingerprint density at radius 2 is 2.08 bits per heavy atom. The summed E-state index contributed by atoms with van der Waals surface area (Å²) >= 11 is 0. The van der Waals surface area contributed by atoms with Gasteiger partial charge in [-0.15, -0.1) is 0 Å². The first kappa shape index (κ1) is 10.4. The van der Waals surface area contributed by atoms with Crippen molar-refractivity contribution >= 4 is 6.08 Å². The molecule has 0 aromatic heterocycles. The van der Waals surface area contributed by atoms with Gasteiger partial charge in [0.15, 0.2) is 0 Å². The molecule has 0 heterocycles. The molecule has 13 heavy (non-hydrogen) atoms. The minimum atomic E-state index is -0.266. The van der Waals surface area contributed by atoms with Gasteiger partial charge in [0.25, 0.3) is 0 Å². The van der Waals surface area contributed by atoms with Gasteiger partial charge in [-0.25, -0.2) is 9.79 Å². The number of rotatable bonds is 4. The molecule has 1 N–H and O–H groups in total. The van der Waals surface area contributed by atoms with E-state index in [0.717, 1.165) is 12.8 Å². The average molecular weight is 183 g/mol. The molecular formula is C10H17NO2. The minimum Gasteiger partial charge on any atom is -0.393 e. The fourth-order valence-electron chi connectivity index (χ4n) is 2.00. The zero-order valence-electron chi connectivity index (χ0n) is 7.91. The summed E-state index contributed by atoms with van der Waals surface area (Å²) in [4.78, 5) is 13.2. The van der Waals surface area contributed by atoms with E-state index in [9.17, 15) is 9.90 Å². The van der Waals surface area contributed by atoms with E-state index < -0.39 is 0 Å². The predicted octanol–water partition coefficient (Wildman–Crippen LogP) is 1.65. The molecule has 1 atom stereocenters. The fraction of sp³-hybridized carbons (Fsp3) is 0.900. The van der Waals surface area contributed by atoms with Gasteiger partial charge >= 0.3 is 0 Å². The van der Waals surface area contributed by atoms with Crippen molar-refractivity contribution in [3.05, 3.63) is 0 Å². The summed E-state index contributed by atoms with van der Waals surface area (Å²) in [6.07, 6.45) is 7.87. The van der Waals surface area contributed by atoms with Crippen molar-refractivity contribution in [3.63, 3.8) is 0 Å². The highest BCUT2D eigenvalue weighted by Crippen LogP contribution is 2.27. The number of aliphatic hydroxyl groups excluding tert-OH is 1. The Bertz CT molecular complexity index is 181. The van der Waals surface area contributed by atoms with Crippen molar-refractivity contribution in [1.29, 1.82) is 0 Å². The SMILES string of the molecule is O=C=NCCC(O)C1CCCCC1. The van der Waals surface area contributed by atoms with Gasteiger partial charge in [0.05, 0.1) is 12.6 Å². The van der Waals surface area contributed by atoms with Crippen molar-refractivity contribution in [2.75, 3.05) is 6.54 Å². The zero-order valence-corrected chi connectivity index (χ0v) is 7.91. The van der Waals surface area contributed by atoms with Crippen LogP contribution in [0.4, 0.5) is 0 Å². The lowest BCUT2D eigenvalue weighted by atomic mass is 9.84. The third-order valence-electron chi connectivity index (χ3n) is 2.80. The van der Waals surface area contributed by atoms with Gasteiger partial charge in [-0.05, 0) is 25.2 Å². The van der Waals surface area contributed by atoms with E-state index in [2.05, 4.69) is 4.99 Å². The van der Waals surface area contributed by atoms with Crippen LogP contribution < -0.4 is 0 Å². The molecular weight excluding hydrogens is 166 g/mol. The molecule has 0 aliphatic heterocycles. The number of isocyanates is 1. The molecule has 74 valence electrons. The fourth-order valence-corrected chi connectivity index (χ4v) is 2.00. The summed E-state index contributed by atoms with van der Waals surface area (Å²) in [5.74, 6) is 0.440. The molecule has 0 aromatic carbocycles. The predicted molar refractivity (Wildman–Crippen MR) is 50.2 cm³/mol. The molecule has 1 unspecified atom stereocenters. The molecule has 1 aliphatic rings. The topological polar surface area (TPSA) is 49.7 Å². The molecule has 0 saturated heterocycles. The Labute approximate surface area is 78.9 Å². The molecule has 3 heteroatoms. The zero-order chi connectivity index (χ0) is 9.52. The van der Waals surface area contributed by atoms with E-state index in [1.807, 2.05) is 0 Å². The monoisotopic (exact) mass is 183 g/mol. The van der Waals surface area contributed by atoms with Gasteiger partial charge in [-0.2, -0.15) is 0 Å². The molecule has 0 aromatic rings. The van der Waals surface area contributed by atoms with Gasteiger partial charge in [-0.3, -0.25) is 0 Å². The highest BCUT2D eigenvalue weighted by molar-refractivity contribution is 5.32. The molecule has 1 fully saturated rings. The summed E-state index contributed by atoms with van der Waals surface area (Å²) in [7, 11) is 0. The third kappa shape index (κ3) is 3.71. The maximum atomic E-state index is 9.79. The first-order valence-electron chi connectivity index (χ1n) is 5.06. The standard InChI is InChI=1S/C10H17NO2/c12-8-11-7-6-10(13)9-4-2-1-3-5-9/h9-10,13H,1-7H2. The van der Waals surface area contributed by atoms with E-state index in [0.29, 0.717) is 18.9 Å². The van der Waals surface area contributed by atoms with E-state index in [4.69, 9.17) is 0 Å². The van der Waals surface area contributed by atoms with Crippen molar-refractivity contribution < 1.29 is 9.90 Å². The van der Waals surface area contributed by atoms with Gasteiger partial charge in [0, 0.05) is 0 Å². The first-order valence-corrected chi connectivity index (χ1v) is 5.06. The third-order valence-corrected chi connectivity index (χ3v) is 2.80. The Morgan fingerprint density at radius 3 is 2.69 bits per heavy atom. The molecule has 1 aliphatic carbocycles. The summed E-state index contributed by atoms with van der Waals surface area (Å²) in [5.41, 5.74) is 0. The Balaban J connectivity index is 2.20. The van der Waals surface area contributed by atoms with E-state index in [1.54, 1.807) is 0 Å². The van der Waals surface area contributed by atoms with Gasteiger partial charge in [0.2, 0.25) is 6.08 Å². The van der Waals surface area contributed by atoms with Crippen molar-refractivity contribution in [1.82, 2.24) is 0 Å². The number of hydrogen-bond donors (Lipinski definition) is 1. The minimum absolute atomic E-state index is 0.266. The molecule has 1 rings (SSSR count). The molecule has 0 radical (unpaired) electrons. The quantitative estimate of drug-likeness (QED) is 0.532. The Morgan fingerprint density at radius 1 is 1.38 bits per heavy atom. The van der Waals surface area contributed by atoms with Crippen LogP contribution in [0, 0.1) is 5.92 Å². The van der Waals surface area contributed by atoms with Crippen LogP contribution in [0.2, 0.25) is 0 Å². The van der Waals surface area contributed by atoms with E-state index >= 15 is 0 Å². The first-order chi connectivity index (χ1) is 6.34. The van der Waals surface area contributed by atoms with Crippen LogP contribution in [0.15, 0.2) is 4.99 Å². The number of carbonyl (C=O) groups excluding carboxylic acids is 1. The molecule has 0 bridgehead atoms. The van der Waals surface area contributed by atoms with Crippen molar-refractivity contribution in [2.45, 2.75) is 44.6 Å². The summed E-state index contributed by atoms with van der Waals surface area (Å²) in [6.45, 7) is 0.418. The number of nitrogens with zero attached hydrogens (tertiary/aromatic N) is 1. The van der Waals surface area contributed by atoms with E-state index in [1.165, 1.54) is 25.3 Å². The summed E-state index contributed by atoms with van der Waals surface area (Å²) in [6, 6.07) is 0. The van der Waals surface area contributed by atoms with E-state index in [-0.39, 0.29) is 6.10 Å². The maximum absolute atomic E-state index is 9.79. The smallest absolute Gasteiger partial charge is 0.234 e. The second-order valence-electron chi connectivity index (χ2n) is 3.73. The van der Waals surface area contributed by atoms with Crippen LogP contribution in [-0.2, 0) is 4.79 Å². The maximum Gasteiger partial charge on any atom is 0.234 e. The van der Waals surface area contributed by atoms with Crippen LogP contribution in [0.25, 0.3) is 0 Å². The van der Waals surface area contributed by atoms with Gasteiger partial charge < -0.3 is 5.11 Å². The van der Waals surface area contributed by atoms with Crippen LogP contribution in [0.5, 0.6) is 0 Å². The molecule has 0 spiro atoms. The van der Waals surface area contributed by atoms with Gasteiger partial charge in [-0.1, -0.05) is 19.3 Å². The lowest BCUT2D eigenvalue weighted by molar-refractivity contribution is 0.0795. The molecule has 3 nitrogen and oxygen atoms in total. The second-order valence-corrected chi connectivity index (χ2v) is 3.73. The van der Waals surface area contributed by atoms with Crippen LogP contribution >= 0.6 is 0 Å². The largest absolute Gasteiger partial charge is 0.393 e. The van der Waals surface area contributed by atoms with Crippen LogP contribution in [0.1, 0.15) is 38.5 Å². The Hall–Kier alpha value is -0.660. The second kappa shape index (κ2) is 5.90. The lowest BCUT2D eigenvalue weighted by Gasteiger charge is -2.25. The van der Waals surface area contributed by atoms with Crippen LogP contribution in [0.3, 0.4) is 0 Å². The number of hydrogen-bond acceptors (Lipinski definition) is 3. The number of aliphatic imine (C=N–C) groups is 1.